The molecule has 4 nitrogen and oxygen atoms in total. The molecule has 1 aromatic heterocycles. The molecular formula is C13H21N3O. The van der Waals surface area contributed by atoms with E-state index < -0.39 is 0 Å². The fraction of sp³-hybridized carbons (Fsp3) is 0.692. The molecule has 94 valence electrons. The summed E-state index contributed by atoms with van der Waals surface area (Å²) in [5, 5.41) is 3.43. The smallest absolute Gasteiger partial charge is 0.223 e. The van der Waals surface area contributed by atoms with Crippen LogP contribution >= 0.6 is 0 Å². The molecule has 1 N–H and O–H groups in total. The average Bonchev–Trinajstić information content (AvgIpc) is 2.36. The van der Waals surface area contributed by atoms with Gasteiger partial charge in [-0.2, -0.15) is 0 Å². The Morgan fingerprint density at radius 2 is 1.94 bits per heavy atom. The molecule has 1 fully saturated rings. The van der Waals surface area contributed by atoms with E-state index in [0.717, 1.165) is 5.92 Å². The maximum Gasteiger partial charge on any atom is 0.223 e. The highest BCUT2D eigenvalue weighted by atomic mass is 16.5. The molecule has 3 atom stereocenters. The number of nitrogens with zero attached hydrogens (tertiary/aromatic N) is 2. The van der Waals surface area contributed by atoms with Gasteiger partial charge in [0, 0.05) is 6.04 Å². The zero-order valence-corrected chi connectivity index (χ0v) is 10.8. The molecule has 1 aliphatic rings. The zero-order chi connectivity index (χ0) is 12.3. The average molecular weight is 235 g/mol. The lowest BCUT2D eigenvalue weighted by Gasteiger charge is -2.34. The van der Waals surface area contributed by atoms with Crippen LogP contribution in [-0.2, 0) is 0 Å². The van der Waals surface area contributed by atoms with Crippen molar-refractivity contribution >= 4 is 5.95 Å². The molecule has 0 amide bonds. The summed E-state index contributed by atoms with van der Waals surface area (Å²) in [5.41, 5.74) is 0. The molecule has 0 spiro atoms. The zero-order valence-electron chi connectivity index (χ0n) is 10.8. The second-order valence-electron chi connectivity index (χ2n) is 4.96. The van der Waals surface area contributed by atoms with Crippen molar-refractivity contribution in [2.24, 2.45) is 11.8 Å². The molecular weight excluding hydrogens is 214 g/mol. The van der Waals surface area contributed by atoms with Crippen molar-refractivity contribution in [3.8, 4) is 5.75 Å². The number of anilines is 1. The highest BCUT2D eigenvalue weighted by molar-refractivity contribution is 5.28. The normalized spacial score (nSPS) is 28.8. The Kier molecular flexibility index (Phi) is 3.82. The third kappa shape index (κ3) is 2.87. The molecule has 1 aromatic rings. The molecule has 4 heteroatoms. The molecule has 17 heavy (non-hydrogen) atoms. The van der Waals surface area contributed by atoms with Crippen LogP contribution in [0.4, 0.5) is 5.95 Å². The largest absolute Gasteiger partial charge is 0.494 e. The van der Waals surface area contributed by atoms with Crippen LogP contribution in [0.1, 0.15) is 33.1 Å². The van der Waals surface area contributed by atoms with Crippen molar-refractivity contribution in [2.45, 2.75) is 39.2 Å². The van der Waals surface area contributed by atoms with E-state index in [9.17, 15) is 0 Å². The van der Waals surface area contributed by atoms with Gasteiger partial charge in [-0.15, -0.1) is 0 Å². The van der Waals surface area contributed by atoms with Gasteiger partial charge in [-0.05, 0) is 18.3 Å². The predicted molar refractivity (Wildman–Crippen MR) is 68.2 cm³/mol. The van der Waals surface area contributed by atoms with E-state index in [-0.39, 0.29) is 0 Å². The summed E-state index contributed by atoms with van der Waals surface area (Å²) in [4.78, 5) is 8.51. The van der Waals surface area contributed by atoms with Crippen molar-refractivity contribution in [3.05, 3.63) is 12.4 Å². The minimum atomic E-state index is 0.493. The first-order valence-corrected chi connectivity index (χ1v) is 6.33. The highest BCUT2D eigenvalue weighted by Crippen LogP contribution is 2.30. The monoisotopic (exact) mass is 235 g/mol. The number of ether oxygens (including phenoxy) is 1. The molecule has 0 bridgehead atoms. The third-order valence-electron chi connectivity index (χ3n) is 3.89. The fourth-order valence-corrected chi connectivity index (χ4v) is 2.45. The maximum atomic E-state index is 5.04. The van der Waals surface area contributed by atoms with Crippen LogP contribution in [0.25, 0.3) is 0 Å². The Morgan fingerprint density at radius 3 is 2.59 bits per heavy atom. The van der Waals surface area contributed by atoms with Gasteiger partial charge in [0.15, 0.2) is 5.75 Å². The van der Waals surface area contributed by atoms with Gasteiger partial charge in [0.1, 0.15) is 0 Å². The first-order chi connectivity index (χ1) is 8.20. The lowest BCUT2D eigenvalue weighted by Crippen LogP contribution is -2.35. The Balaban J connectivity index is 1.99. The number of hydrogen-bond donors (Lipinski definition) is 1. The van der Waals surface area contributed by atoms with Gasteiger partial charge >= 0.3 is 0 Å². The topological polar surface area (TPSA) is 47.0 Å². The number of rotatable bonds is 3. The number of methoxy groups -OCH3 is 1. The quantitative estimate of drug-likeness (QED) is 0.875. The summed E-state index contributed by atoms with van der Waals surface area (Å²) < 4.78 is 5.04. The Bertz CT molecular complexity index is 352. The van der Waals surface area contributed by atoms with Crippen LogP contribution in [0.5, 0.6) is 5.75 Å². The molecule has 1 saturated carbocycles. The van der Waals surface area contributed by atoms with E-state index in [1.807, 2.05) is 0 Å². The van der Waals surface area contributed by atoms with Gasteiger partial charge in [0.05, 0.1) is 19.5 Å². The van der Waals surface area contributed by atoms with Crippen LogP contribution in [0, 0.1) is 11.8 Å². The van der Waals surface area contributed by atoms with E-state index in [4.69, 9.17) is 4.74 Å². The molecule has 1 aliphatic carbocycles. The van der Waals surface area contributed by atoms with E-state index >= 15 is 0 Å². The van der Waals surface area contributed by atoms with Gasteiger partial charge < -0.3 is 10.1 Å². The molecule has 2 rings (SSSR count). The van der Waals surface area contributed by atoms with Crippen molar-refractivity contribution < 1.29 is 4.74 Å². The Morgan fingerprint density at radius 1 is 1.24 bits per heavy atom. The van der Waals surface area contributed by atoms with Crippen molar-refractivity contribution in [1.82, 2.24) is 9.97 Å². The van der Waals surface area contributed by atoms with Crippen LogP contribution in [0.3, 0.4) is 0 Å². The first-order valence-electron chi connectivity index (χ1n) is 6.33. The van der Waals surface area contributed by atoms with Crippen molar-refractivity contribution in [3.63, 3.8) is 0 Å². The standard InChI is InChI=1S/C13H21N3O/c1-9-5-4-6-12(10(9)2)16-13-14-7-11(17-3)8-15-13/h7-10,12H,4-6H2,1-3H3,(H,14,15,16). The fourth-order valence-electron chi connectivity index (χ4n) is 2.45. The Hall–Kier alpha value is -1.32. The minimum Gasteiger partial charge on any atom is -0.494 e. The summed E-state index contributed by atoms with van der Waals surface area (Å²) in [6.45, 7) is 4.64. The summed E-state index contributed by atoms with van der Waals surface area (Å²) in [5.74, 6) is 2.85. The van der Waals surface area contributed by atoms with Crippen molar-refractivity contribution in [1.29, 1.82) is 0 Å². The number of aromatic nitrogens is 2. The lowest BCUT2D eigenvalue weighted by atomic mass is 9.78. The van der Waals surface area contributed by atoms with Crippen LogP contribution in [0.15, 0.2) is 12.4 Å². The van der Waals surface area contributed by atoms with Gasteiger partial charge in [-0.3, -0.25) is 0 Å². The lowest BCUT2D eigenvalue weighted by molar-refractivity contribution is 0.252. The van der Waals surface area contributed by atoms with Gasteiger partial charge in [0.25, 0.3) is 0 Å². The van der Waals surface area contributed by atoms with Crippen LogP contribution < -0.4 is 10.1 Å². The van der Waals surface area contributed by atoms with Crippen LogP contribution in [0.2, 0.25) is 0 Å². The van der Waals surface area contributed by atoms with E-state index in [1.54, 1.807) is 19.5 Å². The minimum absolute atomic E-state index is 0.493. The highest BCUT2D eigenvalue weighted by Gasteiger charge is 2.27. The second kappa shape index (κ2) is 5.34. The SMILES string of the molecule is COc1cnc(NC2CCCC(C)C2C)nc1. The Labute approximate surface area is 103 Å². The van der Waals surface area contributed by atoms with E-state index in [0.29, 0.717) is 23.7 Å². The molecule has 0 aromatic carbocycles. The first kappa shape index (κ1) is 12.1. The predicted octanol–water partition coefficient (Wildman–Crippen LogP) is 2.72. The molecule has 1 heterocycles. The van der Waals surface area contributed by atoms with Gasteiger partial charge in [-0.25, -0.2) is 9.97 Å². The summed E-state index contributed by atoms with van der Waals surface area (Å²) in [7, 11) is 1.62. The van der Waals surface area contributed by atoms with E-state index in [2.05, 4.69) is 29.1 Å². The maximum absolute atomic E-state index is 5.04. The van der Waals surface area contributed by atoms with E-state index in [1.165, 1.54) is 19.3 Å². The van der Waals surface area contributed by atoms with Crippen molar-refractivity contribution in [2.75, 3.05) is 12.4 Å². The number of hydrogen-bond acceptors (Lipinski definition) is 4. The molecule has 0 aliphatic heterocycles. The molecule has 0 saturated heterocycles. The summed E-state index contributed by atoms with van der Waals surface area (Å²) >= 11 is 0. The molecule has 3 unspecified atom stereocenters. The summed E-state index contributed by atoms with van der Waals surface area (Å²) in [6.07, 6.45) is 7.24. The molecule has 0 radical (unpaired) electrons. The second-order valence-corrected chi connectivity index (χ2v) is 4.96. The van der Waals surface area contributed by atoms with Gasteiger partial charge in [0.2, 0.25) is 5.95 Å². The van der Waals surface area contributed by atoms with Crippen LogP contribution in [-0.4, -0.2) is 23.1 Å². The van der Waals surface area contributed by atoms with Gasteiger partial charge in [-0.1, -0.05) is 26.7 Å². The number of nitrogens with one attached hydrogen (secondary N) is 1. The third-order valence-corrected chi connectivity index (χ3v) is 3.89. The summed E-state index contributed by atoms with van der Waals surface area (Å²) in [6, 6.07) is 0.493.